The van der Waals surface area contributed by atoms with Gasteiger partial charge in [-0.3, -0.25) is 4.79 Å². The van der Waals surface area contributed by atoms with Gasteiger partial charge < -0.3 is 15.6 Å². The Kier molecular flexibility index (Phi) is 3.44. The molecule has 19 heavy (non-hydrogen) atoms. The van der Waals surface area contributed by atoms with Crippen molar-refractivity contribution in [2.45, 2.75) is 25.4 Å². The van der Waals surface area contributed by atoms with Crippen molar-refractivity contribution in [3.8, 4) is 0 Å². The third-order valence-corrected chi connectivity index (χ3v) is 3.51. The van der Waals surface area contributed by atoms with Crippen LogP contribution in [0, 0.1) is 0 Å². The first-order valence-electron chi connectivity index (χ1n) is 6.48. The van der Waals surface area contributed by atoms with Crippen molar-refractivity contribution in [2.75, 3.05) is 6.54 Å². The van der Waals surface area contributed by atoms with Gasteiger partial charge in [-0.2, -0.15) is 0 Å². The van der Waals surface area contributed by atoms with Gasteiger partial charge in [-0.15, -0.1) is 0 Å². The van der Waals surface area contributed by atoms with Crippen LogP contribution in [0.5, 0.6) is 0 Å². The topological polar surface area (TPSA) is 56.9 Å². The van der Waals surface area contributed by atoms with Gasteiger partial charge in [-0.05, 0) is 30.5 Å². The summed E-state index contributed by atoms with van der Waals surface area (Å²) in [6.07, 6.45) is 4.19. The first kappa shape index (κ1) is 12.5. The number of aromatic nitrogens is 1. The number of aromatic amines is 1. The Balaban J connectivity index is 1.57. The molecule has 0 atom stereocenters. The third kappa shape index (κ3) is 3.08. The van der Waals surface area contributed by atoms with E-state index in [4.69, 9.17) is 11.6 Å². The van der Waals surface area contributed by atoms with Crippen LogP contribution in [-0.2, 0) is 11.3 Å². The standard InChI is InChI=1S/C14H16ClN3O/c15-10-1-4-12-9(7-17-13(12)5-10)6-16-8-14(19)18-11-2-3-11/h1,4-5,7,11,16-17H,2-3,6,8H2,(H,18,19). The number of rotatable bonds is 5. The molecule has 0 unspecified atom stereocenters. The second-order valence-electron chi connectivity index (χ2n) is 4.95. The van der Waals surface area contributed by atoms with E-state index in [9.17, 15) is 4.79 Å². The summed E-state index contributed by atoms with van der Waals surface area (Å²) < 4.78 is 0. The molecule has 3 N–H and O–H groups in total. The van der Waals surface area contributed by atoms with Crippen molar-refractivity contribution in [1.82, 2.24) is 15.6 Å². The van der Waals surface area contributed by atoms with Crippen molar-refractivity contribution in [2.24, 2.45) is 0 Å². The Morgan fingerprint density at radius 2 is 2.26 bits per heavy atom. The summed E-state index contributed by atoms with van der Waals surface area (Å²) in [7, 11) is 0. The molecule has 1 amide bonds. The summed E-state index contributed by atoms with van der Waals surface area (Å²) in [6, 6.07) is 6.20. The number of fused-ring (bicyclic) bond motifs is 1. The van der Waals surface area contributed by atoms with E-state index in [1.165, 1.54) is 0 Å². The number of hydrogen-bond donors (Lipinski definition) is 3. The molecule has 1 heterocycles. The van der Waals surface area contributed by atoms with Crippen molar-refractivity contribution in [3.63, 3.8) is 0 Å². The van der Waals surface area contributed by atoms with Gasteiger partial charge in [-0.25, -0.2) is 0 Å². The first-order chi connectivity index (χ1) is 9.22. The second kappa shape index (κ2) is 5.23. The maximum absolute atomic E-state index is 11.5. The molecular weight excluding hydrogens is 262 g/mol. The van der Waals surface area contributed by atoms with Crippen molar-refractivity contribution < 1.29 is 4.79 Å². The SMILES string of the molecule is O=C(CNCc1c[nH]c2cc(Cl)ccc12)NC1CC1. The molecule has 1 aliphatic rings. The fourth-order valence-electron chi connectivity index (χ4n) is 2.12. The number of H-pyrrole nitrogens is 1. The average Bonchev–Trinajstić information content (AvgIpc) is 3.10. The minimum atomic E-state index is 0.0744. The van der Waals surface area contributed by atoms with Crippen LogP contribution in [0.4, 0.5) is 0 Å². The predicted molar refractivity (Wildman–Crippen MR) is 76.2 cm³/mol. The Hall–Kier alpha value is -1.52. The molecule has 0 aliphatic heterocycles. The predicted octanol–water partition coefficient (Wildman–Crippen LogP) is 2.19. The van der Waals surface area contributed by atoms with Gasteiger partial charge in [0.1, 0.15) is 0 Å². The van der Waals surface area contributed by atoms with Crippen molar-refractivity contribution >= 4 is 28.4 Å². The minimum absolute atomic E-state index is 0.0744. The van der Waals surface area contributed by atoms with Gasteiger partial charge in [-0.1, -0.05) is 17.7 Å². The Bertz CT molecular complexity index is 604. The molecule has 0 spiro atoms. The van der Waals surface area contributed by atoms with E-state index >= 15 is 0 Å². The van der Waals surface area contributed by atoms with Crippen molar-refractivity contribution in [3.05, 3.63) is 35.0 Å². The maximum Gasteiger partial charge on any atom is 0.234 e. The first-order valence-corrected chi connectivity index (χ1v) is 6.86. The molecule has 2 aromatic rings. The lowest BCUT2D eigenvalue weighted by Crippen LogP contribution is -2.34. The van der Waals surface area contributed by atoms with E-state index < -0.39 is 0 Å². The summed E-state index contributed by atoms with van der Waals surface area (Å²) >= 11 is 5.94. The molecule has 1 aromatic heterocycles. The fourth-order valence-corrected chi connectivity index (χ4v) is 2.29. The smallest absolute Gasteiger partial charge is 0.234 e. The quantitative estimate of drug-likeness (QED) is 0.785. The average molecular weight is 278 g/mol. The number of carbonyl (C=O) groups excluding carboxylic acids is 1. The Morgan fingerprint density at radius 3 is 3.05 bits per heavy atom. The summed E-state index contributed by atoms with van der Waals surface area (Å²) in [5.74, 6) is 0.0744. The zero-order valence-electron chi connectivity index (χ0n) is 10.5. The number of benzene rings is 1. The summed E-state index contributed by atoms with van der Waals surface area (Å²) in [4.78, 5) is 14.7. The van der Waals surface area contributed by atoms with Crippen LogP contribution >= 0.6 is 11.6 Å². The van der Waals surface area contributed by atoms with E-state index in [1.54, 1.807) is 0 Å². The van der Waals surface area contributed by atoms with Gasteiger partial charge in [0.2, 0.25) is 5.91 Å². The van der Waals surface area contributed by atoms with E-state index in [0.29, 0.717) is 19.1 Å². The number of nitrogens with one attached hydrogen (secondary N) is 3. The zero-order chi connectivity index (χ0) is 13.2. The molecule has 0 saturated heterocycles. The van der Waals surface area contributed by atoms with Crippen LogP contribution < -0.4 is 10.6 Å². The van der Waals surface area contributed by atoms with Crippen LogP contribution in [0.3, 0.4) is 0 Å². The molecule has 0 radical (unpaired) electrons. The Morgan fingerprint density at radius 1 is 1.42 bits per heavy atom. The molecule has 1 saturated carbocycles. The van der Waals surface area contributed by atoms with Crippen LogP contribution in [0.15, 0.2) is 24.4 Å². The molecule has 1 fully saturated rings. The highest BCUT2D eigenvalue weighted by molar-refractivity contribution is 6.31. The monoisotopic (exact) mass is 277 g/mol. The normalized spacial score (nSPS) is 14.8. The number of halogens is 1. The summed E-state index contributed by atoms with van der Waals surface area (Å²) in [5, 5.41) is 7.97. The molecule has 1 aliphatic carbocycles. The second-order valence-corrected chi connectivity index (χ2v) is 5.39. The lowest BCUT2D eigenvalue weighted by atomic mass is 10.2. The van der Waals surface area contributed by atoms with E-state index in [0.717, 1.165) is 34.3 Å². The molecule has 100 valence electrons. The van der Waals surface area contributed by atoms with Gasteiger partial charge >= 0.3 is 0 Å². The largest absolute Gasteiger partial charge is 0.361 e. The van der Waals surface area contributed by atoms with Gasteiger partial charge in [0.05, 0.1) is 6.54 Å². The van der Waals surface area contributed by atoms with E-state index in [1.807, 2.05) is 24.4 Å². The van der Waals surface area contributed by atoms with Gasteiger partial charge in [0.15, 0.2) is 0 Å². The van der Waals surface area contributed by atoms with E-state index in [2.05, 4.69) is 15.6 Å². The zero-order valence-corrected chi connectivity index (χ0v) is 11.3. The minimum Gasteiger partial charge on any atom is -0.361 e. The molecular formula is C14H16ClN3O. The molecule has 5 heteroatoms. The van der Waals surface area contributed by atoms with Crippen LogP contribution in [0.2, 0.25) is 5.02 Å². The third-order valence-electron chi connectivity index (χ3n) is 3.27. The van der Waals surface area contributed by atoms with E-state index in [-0.39, 0.29) is 5.91 Å². The highest BCUT2D eigenvalue weighted by atomic mass is 35.5. The van der Waals surface area contributed by atoms with Crippen LogP contribution in [-0.4, -0.2) is 23.5 Å². The summed E-state index contributed by atoms with van der Waals surface area (Å²) in [6.45, 7) is 1.02. The number of hydrogen-bond acceptors (Lipinski definition) is 2. The summed E-state index contributed by atoms with van der Waals surface area (Å²) in [5.41, 5.74) is 2.16. The van der Waals surface area contributed by atoms with Gasteiger partial charge in [0.25, 0.3) is 0 Å². The lowest BCUT2D eigenvalue weighted by molar-refractivity contribution is -0.120. The lowest BCUT2D eigenvalue weighted by Gasteiger charge is -2.05. The van der Waals surface area contributed by atoms with Gasteiger partial charge in [0, 0.05) is 34.7 Å². The number of carbonyl (C=O) groups is 1. The maximum atomic E-state index is 11.5. The fraction of sp³-hybridized carbons (Fsp3) is 0.357. The van der Waals surface area contributed by atoms with Crippen LogP contribution in [0.1, 0.15) is 18.4 Å². The van der Waals surface area contributed by atoms with Crippen LogP contribution in [0.25, 0.3) is 10.9 Å². The molecule has 4 nitrogen and oxygen atoms in total. The number of amides is 1. The molecule has 0 bridgehead atoms. The molecule has 1 aromatic carbocycles. The highest BCUT2D eigenvalue weighted by Crippen LogP contribution is 2.22. The highest BCUT2D eigenvalue weighted by Gasteiger charge is 2.22. The van der Waals surface area contributed by atoms with Crippen molar-refractivity contribution in [1.29, 1.82) is 0 Å². The molecule has 3 rings (SSSR count). The Labute approximate surface area is 116 Å².